The number of hydrogen-bond acceptors (Lipinski definition) is 1. The average Bonchev–Trinajstić information content (AvgIpc) is 2.17. The zero-order valence-corrected chi connectivity index (χ0v) is 7.81. The van der Waals surface area contributed by atoms with Crippen LogP contribution in [0, 0.1) is 5.82 Å². The highest BCUT2D eigenvalue weighted by Crippen LogP contribution is 2.10. The number of hydrogen-bond donors (Lipinski definition) is 1. The van der Waals surface area contributed by atoms with Crippen LogP contribution in [0.15, 0.2) is 18.2 Å². The Kier molecular flexibility index (Phi) is 3.56. The number of carbonyl (C=O) groups excluding carboxylic acids is 1. The van der Waals surface area contributed by atoms with E-state index in [2.05, 4.69) is 5.32 Å². The Morgan fingerprint density at radius 3 is 2.71 bits per heavy atom. The molecule has 0 bridgehead atoms. The van der Waals surface area contributed by atoms with Gasteiger partial charge >= 0.3 is 0 Å². The lowest BCUT2D eigenvalue weighted by Gasteiger charge is -2.03. The van der Waals surface area contributed by atoms with E-state index in [9.17, 15) is 13.6 Å². The summed E-state index contributed by atoms with van der Waals surface area (Å²) in [4.78, 5) is 11.3. The van der Waals surface area contributed by atoms with Crippen molar-refractivity contribution in [2.45, 2.75) is 13.6 Å². The summed E-state index contributed by atoms with van der Waals surface area (Å²) in [6, 6.07) is 3.50. The number of rotatable bonds is 3. The highest BCUT2D eigenvalue weighted by molar-refractivity contribution is 5.94. The topological polar surface area (TPSA) is 29.1 Å². The van der Waals surface area contributed by atoms with Crippen molar-refractivity contribution in [2.24, 2.45) is 0 Å². The van der Waals surface area contributed by atoms with Crippen molar-refractivity contribution >= 4 is 5.91 Å². The fourth-order valence-corrected chi connectivity index (χ4v) is 1.12. The second kappa shape index (κ2) is 4.69. The maximum absolute atomic E-state index is 12.9. The van der Waals surface area contributed by atoms with Crippen molar-refractivity contribution in [3.05, 3.63) is 35.1 Å². The number of nitrogens with one attached hydrogen (secondary N) is 1. The van der Waals surface area contributed by atoms with Crippen molar-refractivity contribution in [1.29, 1.82) is 0 Å². The first-order chi connectivity index (χ1) is 6.67. The van der Waals surface area contributed by atoms with Gasteiger partial charge in [-0.15, -0.1) is 0 Å². The molecule has 0 heterocycles. The minimum absolute atomic E-state index is 0.152. The maximum Gasteiger partial charge on any atom is 0.251 e. The molecule has 0 aromatic heterocycles. The van der Waals surface area contributed by atoms with Gasteiger partial charge < -0.3 is 5.32 Å². The molecule has 0 aliphatic carbocycles. The van der Waals surface area contributed by atoms with Crippen LogP contribution in [-0.2, 0) is 6.67 Å². The lowest BCUT2D eigenvalue weighted by molar-refractivity contribution is 0.0955. The molecule has 1 aromatic rings. The van der Waals surface area contributed by atoms with Crippen molar-refractivity contribution in [3.8, 4) is 0 Å². The van der Waals surface area contributed by atoms with Crippen LogP contribution in [0.3, 0.4) is 0 Å². The van der Waals surface area contributed by atoms with Crippen molar-refractivity contribution in [1.82, 2.24) is 5.32 Å². The summed E-state index contributed by atoms with van der Waals surface area (Å²) in [7, 11) is 0. The second-order valence-corrected chi connectivity index (χ2v) is 2.84. The third-order valence-corrected chi connectivity index (χ3v) is 1.71. The Bertz CT molecular complexity index is 339. The van der Waals surface area contributed by atoms with Gasteiger partial charge in [-0.25, -0.2) is 8.78 Å². The number of benzene rings is 1. The summed E-state index contributed by atoms with van der Waals surface area (Å²) in [6.07, 6.45) is 0. The van der Waals surface area contributed by atoms with Gasteiger partial charge in [0.25, 0.3) is 5.91 Å². The van der Waals surface area contributed by atoms with E-state index in [1.165, 1.54) is 6.07 Å². The SMILES string of the molecule is CCNC(=O)c1cc(F)cc(CF)c1. The van der Waals surface area contributed by atoms with Crippen LogP contribution in [0.5, 0.6) is 0 Å². The smallest absolute Gasteiger partial charge is 0.251 e. The zero-order valence-electron chi connectivity index (χ0n) is 7.81. The second-order valence-electron chi connectivity index (χ2n) is 2.84. The molecule has 2 nitrogen and oxygen atoms in total. The third-order valence-electron chi connectivity index (χ3n) is 1.71. The zero-order chi connectivity index (χ0) is 10.6. The molecule has 0 saturated carbocycles. The molecule has 1 amide bonds. The molecule has 0 aliphatic heterocycles. The monoisotopic (exact) mass is 199 g/mol. The molecule has 0 atom stereocenters. The summed E-state index contributed by atoms with van der Waals surface area (Å²) >= 11 is 0. The Hall–Kier alpha value is -1.45. The number of carbonyl (C=O) groups is 1. The highest BCUT2D eigenvalue weighted by atomic mass is 19.1. The maximum atomic E-state index is 12.9. The standard InChI is InChI=1S/C10H11F2NO/c1-2-13-10(14)8-3-7(6-11)4-9(12)5-8/h3-5H,2,6H2,1H3,(H,13,14). The van der Waals surface area contributed by atoms with Gasteiger partial charge in [-0.3, -0.25) is 4.79 Å². The first kappa shape index (κ1) is 10.6. The van der Waals surface area contributed by atoms with E-state index >= 15 is 0 Å². The predicted octanol–water partition coefficient (Wildman–Crippen LogP) is 2.04. The molecular formula is C10H11F2NO. The quantitative estimate of drug-likeness (QED) is 0.793. The van der Waals surface area contributed by atoms with E-state index in [4.69, 9.17) is 0 Å². The predicted molar refractivity (Wildman–Crippen MR) is 49.2 cm³/mol. The van der Waals surface area contributed by atoms with E-state index in [0.29, 0.717) is 6.54 Å². The number of alkyl halides is 1. The molecule has 0 unspecified atom stereocenters. The van der Waals surface area contributed by atoms with E-state index in [0.717, 1.165) is 12.1 Å². The molecule has 1 aromatic carbocycles. The molecule has 4 heteroatoms. The average molecular weight is 199 g/mol. The van der Waals surface area contributed by atoms with E-state index < -0.39 is 12.5 Å². The lowest BCUT2D eigenvalue weighted by Crippen LogP contribution is -2.22. The van der Waals surface area contributed by atoms with Gasteiger partial charge in [0.05, 0.1) is 0 Å². The van der Waals surface area contributed by atoms with Gasteiger partial charge in [-0.05, 0) is 30.7 Å². The molecule has 1 rings (SSSR count). The highest BCUT2D eigenvalue weighted by Gasteiger charge is 2.07. The van der Waals surface area contributed by atoms with Gasteiger partial charge in [0.2, 0.25) is 0 Å². The molecule has 14 heavy (non-hydrogen) atoms. The van der Waals surface area contributed by atoms with Crippen LogP contribution in [0.2, 0.25) is 0 Å². The summed E-state index contributed by atoms with van der Waals surface area (Å²) in [5.74, 6) is -0.983. The Balaban J connectivity index is 2.96. The van der Waals surface area contributed by atoms with Crippen LogP contribution in [0.1, 0.15) is 22.8 Å². The van der Waals surface area contributed by atoms with E-state index in [-0.39, 0.29) is 17.0 Å². The fourth-order valence-electron chi connectivity index (χ4n) is 1.12. The largest absolute Gasteiger partial charge is 0.352 e. The minimum atomic E-state index is -0.774. The van der Waals surface area contributed by atoms with Crippen LogP contribution in [0.4, 0.5) is 8.78 Å². The summed E-state index contributed by atoms with van der Waals surface area (Å²) in [5.41, 5.74) is 0.325. The summed E-state index contributed by atoms with van der Waals surface area (Å²) < 4.78 is 25.1. The summed E-state index contributed by atoms with van der Waals surface area (Å²) in [6.45, 7) is 1.44. The molecule has 0 fully saturated rings. The van der Waals surface area contributed by atoms with Gasteiger partial charge in [0.1, 0.15) is 12.5 Å². The van der Waals surface area contributed by atoms with Crippen LogP contribution >= 0.6 is 0 Å². The normalized spacial score (nSPS) is 9.93. The third kappa shape index (κ3) is 2.52. The van der Waals surface area contributed by atoms with Gasteiger partial charge in [0, 0.05) is 12.1 Å². The first-order valence-electron chi connectivity index (χ1n) is 4.31. The first-order valence-corrected chi connectivity index (χ1v) is 4.31. The van der Waals surface area contributed by atoms with Crippen LogP contribution in [-0.4, -0.2) is 12.5 Å². The Morgan fingerprint density at radius 2 is 2.14 bits per heavy atom. The van der Waals surface area contributed by atoms with Gasteiger partial charge in [-0.1, -0.05) is 0 Å². The minimum Gasteiger partial charge on any atom is -0.352 e. The lowest BCUT2D eigenvalue weighted by atomic mass is 10.1. The molecule has 0 radical (unpaired) electrons. The molecule has 1 N–H and O–H groups in total. The molecular weight excluding hydrogens is 188 g/mol. The van der Waals surface area contributed by atoms with Crippen molar-refractivity contribution in [2.75, 3.05) is 6.54 Å². The van der Waals surface area contributed by atoms with Crippen LogP contribution in [0.25, 0.3) is 0 Å². The summed E-state index contributed by atoms with van der Waals surface area (Å²) in [5, 5.41) is 2.51. The fraction of sp³-hybridized carbons (Fsp3) is 0.300. The van der Waals surface area contributed by atoms with Gasteiger partial charge in [-0.2, -0.15) is 0 Å². The van der Waals surface area contributed by atoms with Gasteiger partial charge in [0.15, 0.2) is 0 Å². The van der Waals surface area contributed by atoms with Crippen molar-refractivity contribution < 1.29 is 13.6 Å². The molecule has 76 valence electrons. The number of amides is 1. The Labute approximate surface area is 80.9 Å². The van der Waals surface area contributed by atoms with Crippen molar-refractivity contribution in [3.63, 3.8) is 0 Å². The molecule has 0 saturated heterocycles. The van der Waals surface area contributed by atoms with E-state index in [1.54, 1.807) is 6.92 Å². The van der Waals surface area contributed by atoms with Crippen LogP contribution < -0.4 is 5.32 Å². The van der Waals surface area contributed by atoms with E-state index in [1.807, 2.05) is 0 Å². The molecule has 0 aliphatic rings. The Morgan fingerprint density at radius 1 is 1.43 bits per heavy atom. The molecule has 0 spiro atoms. The number of halogens is 2.